The fourth-order valence-electron chi connectivity index (χ4n) is 3.13. The molecule has 7 heteroatoms. The van der Waals surface area contributed by atoms with Crippen LogP contribution in [0.2, 0.25) is 24.2 Å². The van der Waals surface area contributed by atoms with Crippen molar-refractivity contribution in [1.29, 1.82) is 0 Å². The molecule has 0 spiro atoms. The van der Waals surface area contributed by atoms with Gasteiger partial charge in [0.2, 0.25) is 0 Å². The van der Waals surface area contributed by atoms with Crippen LogP contribution in [0.4, 0.5) is 0 Å². The average molecular weight is 422 g/mol. The summed E-state index contributed by atoms with van der Waals surface area (Å²) in [6.45, 7) is 13.5. The van der Waals surface area contributed by atoms with Gasteiger partial charge in [0.1, 0.15) is 0 Å². The third-order valence-corrected chi connectivity index (χ3v) is 8.26. The van der Waals surface area contributed by atoms with Crippen molar-refractivity contribution in [2.45, 2.75) is 90.1 Å². The van der Waals surface area contributed by atoms with Crippen LogP contribution in [0, 0.1) is 0 Å². The van der Waals surface area contributed by atoms with Crippen LogP contribution >= 0.6 is 0 Å². The van der Waals surface area contributed by atoms with Gasteiger partial charge in [0, 0.05) is 45.5 Å². The van der Waals surface area contributed by atoms with Gasteiger partial charge in [-0.25, -0.2) is 0 Å². The number of hydrogen-bond acceptors (Lipinski definition) is 5. The Hall–Kier alpha value is 0.234. The first-order chi connectivity index (χ1) is 13.3. The predicted octanol–water partition coefficient (Wildman–Crippen LogP) is 2.95. The van der Waals surface area contributed by atoms with E-state index in [1.54, 1.807) is 0 Å². The molecule has 27 heavy (non-hydrogen) atoms. The Balaban J connectivity index is 3.31. The molecule has 0 atom stereocenters. The zero-order chi connectivity index (χ0) is 20.0. The summed E-state index contributed by atoms with van der Waals surface area (Å²) in [5.74, 6) is 0. The second-order valence-corrected chi connectivity index (χ2v) is 10.8. The van der Waals surface area contributed by atoms with Crippen molar-refractivity contribution in [3.8, 4) is 0 Å². The van der Waals surface area contributed by atoms with E-state index in [1.165, 1.54) is 50.9 Å². The van der Waals surface area contributed by atoms with E-state index >= 15 is 0 Å². The quantitative estimate of drug-likeness (QED) is 0.165. The molecule has 1 N–H and O–H groups in total. The van der Waals surface area contributed by atoms with Crippen molar-refractivity contribution in [3.63, 3.8) is 0 Å². The minimum absolute atomic E-state index is 0.0388. The molecule has 0 radical (unpaired) electrons. The summed E-state index contributed by atoms with van der Waals surface area (Å²) < 4.78 is 22.4. The third-order valence-electron chi connectivity index (χ3n) is 4.50. The van der Waals surface area contributed by atoms with Gasteiger partial charge < -0.3 is 24.3 Å². The number of rotatable bonds is 22. The Kier molecular flexibility index (Phi) is 22.7. The minimum Gasteiger partial charge on any atom is -0.353 e. The zero-order valence-corrected chi connectivity index (χ0v) is 21.4. The van der Waals surface area contributed by atoms with Gasteiger partial charge in [0.25, 0.3) is 0 Å². The summed E-state index contributed by atoms with van der Waals surface area (Å²) in [7, 11) is -0.0776. The summed E-state index contributed by atoms with van der Waals surface area (Å²) in [6.07, 6.45) is 5.44. The highest BCUT2D eigenvalue weighted by atomic mass is 28.2. The van der Waals surface area contributed by atoms with Crippen molar-refractivity contribution in [1.82, 2.24) is 5.32 Å². The van der Waals surface area contributed by atoms with Crippen LogP contribution in [0.15, 0.2) is 0 Å². The normalized spacial score (nSPS) is 12.7. The fourth-order valence-corrected chi connectivity index (χ4v) is 6.45. The highest BCUT2D eigenvalue weighted by Crippen LogP contribution is 2.06. The van der Waals surface area contributed by atoms with Crippen LogP contribution in [0.3, 0.4) is 0 Å². The molecule has 164 valence electrons. The standard InChI is InChI=1S/C20H47NO4Si2/c1-5-22-19(23-6-2)17-26-15-11-9-13-21-14-10-12-16-27-18-20(24-7-3)25-8-4/h19-21H,5-18,26-27H2,1-4H3. The Morgan fingerprint density at radius 3 is 1.30 bits per heavy atom. The Morgan fingerprint density at radius 2 is 0.963 bits per heavy atom. The molecule has 0 aromatic carbocycles. The van der Waals surface area contributed by atoms with E-state index in [-0.39, 0.29) is 31.6 Å². The van der Waals surface area contributed by atoms with Crippen molar-refractivity contribution in [2.24, 2.45) is 0 Å². The molecule has 0 heterocycles. The monoisotopic (exact) mass is 421 g/mol. The van der Waals surface area contributed by atoms with Gasteiger partial charge in [-0.3, -0.25) is 0 Å². The lowest BCUT2D eigenvalue weighted by Crippen LogP contribution is -2.20. The second-order valence-electron chi connectivity index (χ2n) is 6.84. The smallest absolute Gasteiger partial charge is 0.154 e. The summed E-state index contributed by atoms with van der Waals surface area (Å²) in [5, 5.41) is 3.60. The van der Waals surface area contributed by atoms with Crippen LogP contribution in [-0.2, 0) is 18.9 Å². The van der Waals surface area contributed by atoms with Crippen molar-refractivity contribution >= 4 is 19.0 Å². The lowest BCUT2D eigenvalue weighted by Gasteiger charge is -2.16. The Labute approximate surface area is 173 Å². The summed E-state index contributed by atoms with van der Waals surface area (Å²) in [5.41, 5.74) is 0. The van der Waals surface area contributed by atoms with Crippen LogP contribution in [0.1, 0.15) is 53.4 Å². The highest BCUT2D eigenvalue weighted by Gasteiger charge is 2.08. The molecule has 0 fully saturated rings. The molecule has 0 aromatic heterocycles. The maximum atomic E-state index is 5.61. The summed E-state index contributed by atoms with van der Waals surface area (Å²) >= 11 is 0. The molecule has 0 aliphatic heterocycles. The van der Waals surface area contributed by atoms with Gasteiger partial charge in [-0.05, 0) is 65.7 Å². The first-order valence-corrected chi connectivity index (χ1v) is 15.4. The first-order valence-electron chi connectivity index (χ1n) is 11.4. The number of unbranched alkanes of at least 4 members (excludes halogenated alkanes) is 2. The largest absolute Gasteiger partial charge is 0.353 e. The average Bonchev–Trinajstić information content (AvgIpc) is 2.66. The minimum atomic E-state index is -0.0388. The fraction of sp³-hybridized carbons (Fsp3) is 1.00. The molecule has 0 unspecified atom stereocenters. The predicted molar refractivity (Wildman–Crippen MR) is 122 cm³/mol. The molecular formula is C20H47NO4Si2. The Morgan fingerprint density at radius 1 is 0.593 bits per heavy atom. The lowest BCUT2D eigenvalue weighted by atomic mass is 10.3. The van der Waals surface area contributed by atoms with E-state index in [4.69, 9.17) is 18.9 Å². The van der Waals surface area contributed by atoms with E-state index in [9.17, 15) is 0 Å². The second kappa shape index (κ2) is 22.5. The van der Waals surface area contributed by atoms with Gasteiger partial charge in [-0.1, -0.05) is 24.9 Å². The molecule has 0 bridgehead atoms. The number of nitrogens with one attached hydrogen (secondary N) is 1. The number of ether oxygens (including phenoxy) is 4. The van der Waals surface area contributed by atoms with Gasteiger partial charge in [-0.15, -0.1) is 0 Å². The summed E-state index contributed by atoms with van der Waals surface area (Å²) in [6, 6.07) is 5.13. The van der Waals surface area contributed by atoms with Crippen LogP contribution < -0.4 is 5.32 Å². The maximum Gasteiger partial charge on any atom is 0.154 e. The van der Waals surface area contributed by atoms with Crippen LogP contribution in [0.5, 0.6) is 0 Å². The molecule has 0 saturated carbocycles. The van der Waals surface area contributed by atoms with Gasteiger partial charge in [-0.2, -0.15) is 0 Å². The SMILES string of the molecule is CCOC(C[SiH2]CCCCNCCCC[SiH2]CC(OCC)OCC)OCC. The molecule has 0 amide bonds. The van der Waals surface area contributed by atoms with E-state index in [2.05, 4.69) is 5.32 Å². The van der Waals surface area contributed by atoms with E-state index in [0.717, 1.165) is 38.5 Å². The summed E-state index contributed by atoms with van der Waals surface area (Å²) in [4.78, 5) is 0. The maximum absolute atomic E-state index is 5.61. The third kappa shape index (κ3) is 19.3. The molecule has 5 nitrogen and oxygen atoms in total. The molecule has 0 aliphatic carbocycles. The molecule has 0 aliphatic rings. The molecule has 0 saturated heterocycles. The van der Waals surface area contributed by atoms with Gasteiger partial charge in [0.05, 0.1) is 0 Å². The molecular weight excluding hydrogens is 374 g/mol. The van der Waals surface area contributed by atoms with E-state index < -0.39 is 0 Å². The van der Waals surface area contributed by atoms with Gasteiger partial charge in [0.15, 0.2) is 12.6 Å². The number of hydrogen-bond donors (Lipinski definition) is 1. The molecule has 0 rings (SSSR count). The highest BCUT2D eigenvalue weighted by molar-refractivity contribution is 6.35. The van der Waals surface area contributed by atoms with E-state index in [1.807, 2.05) is 27.7 Å². The van der Waals surface area contributed by atoms with Crippen LogP contribution in [0.25, 0.3) is 0 Å². The van der Waals surface area contributed by atoms with Crippen LogP contribution in [-0.4, -0.2) is 71.1 Å². The zero-order valence-electron chi connectivity index (χ0n) is 18.6. The first kappa shape index (κ1) is 27.2. The van der Waals surface area contributed by atoms with Crippen molar-refractivity contribution in [2.75, 3.05) is 39.5 Å². The van der Waals surface area contributed by atoms with Gasteiger partial charge >= 0.3 is 0 Å². The van der Waals surface area contributed by atoms with Crippen molar-refractivity contribution < 1.29 is 18.9 Å². The lowest BCUT2D eigenvalue weighted by molar-refractivity contribution is -0.123. The molecule has 0 aromatic rings. The van der Waals surface area contributed by atoms with E-state index in [0.29, 0.717) is 0 Å². The van der Waals surface area contributed by atoms with Crippen molar-refractivity contribution in [3.05, 3.63) is 0 Å². The Bertz CT molecular complexity index is 251. The topological polar surface area (TPSA) is 49.0 Å².